The van der Waals surface area contributed by atoms with Gasteiger partial charge in [0.1, 0.15) is 17.7 Å². The van der Waals surface area contributed by atoms with Crippen molar-refractivity contribution in [3.05, 3.63) is 75.2 Å². The average Bonchev–Trinajstić information content (AvgIpc) is 2.74. The Morgan fingerprint density at radius 3 is 2.77 bits per heavy atom. The van der Waals surface area contributed by atoms with Crippen LogP contribution in [-0.2, 0) is 6.54 Å². The molecule has 0 aliphatic carbocycles. The average molecular weight is 423 g/mol. The Kier molecular flexibility index (Phi) is 5.17. The molecule has 0 unspecified atom stereocenters. The molecule has 158 valence electrons. The molecule has 1 aliphatic heterocycles. The highest BCUT2D eigenvalue weighted by molar-refractivity contribution is 5.91. The van der Waals surface area contributed by atoms with Crippen molar-refractivity contribution in [1.29, 1.82) is 5.26 Å². The van der Waals surface area contributed by atoms with Gasteiger partial charge in [-0.05, 0) is 42.8 Å². The van der Waals surface area contributed by atoms with Crippen LogP contribution in [0.25, 0.3) is 10.8 Å². The van der Waals surface area contributed by atoms with E-state index in [0.717, 1.165) is 11.6 Å². The number of nitrogens with one attached hydrogen (secondary N) is 2. The highest BCUT2D eigenvalue weighted by atomic mass is 19.1. The summed E-state index contributed by atoms with van der Waals surface area (Å²) in [4.78, 5) is 31.7. The lowest BCUT2D eigenvalue weighted by molar-refractivity contribution is 0.167. The predicted molar refractivity (Wildman–Crippen MR) is 111 cm³/mol. The van der Waals surface area contributed by atoms with E-state index in [1.807, 2.05) is 11.9 Å². The number of hydrogen-bond acceptors (Lipinski definition) is 4. The predicted octanol–water partition coefficient (Wildman–Crippen LogP) is 3.33. The van der Waals surface area contributed by atoms with Crippen LogP contribution in [0.4, 0.5) is 19.3 Å². The Morgan fingerprint density at radius 2 is 2.03 bits per heavy atom. The molecule has 0 radical (unpaired) electrons. The number of aromatic nitrogens is 1. The smallest absolute Gasteiger partial charge is 0.322 e. The topological polar surface area (TPSA) is 92.2 Å². The van der Waals surface area contributed by atoms with E-state index >= 15 is 0 Å². The minimum Gasteiger partial charge on any atom is -0.324 e. The molecule has 0 saturated carbocycles. The number of carbonyl (C=O) groups excluding carboxylic acids is 1. The standard InChI is InChI=1S/C22H19F2N5O2/c1-28-10-18-20(15-5-3-13(23)8-16(15)21(30)27-18)19(11-28)29(2)22(31)26-14-4-6-17(24)12(7-14)9-25/h3-8,19H,10-11H2,1-2H3,(H,26,31)(H,27,30)/t19-/m1/s1. The van der Waals surface area contributed by atoms with Crippen molar-refractivity contribution < 1.29 is 13.6 Å². The van der Waals surface area contributed by atoms with Gasteiger partial charge in [-0.3, -0.25) is 9.69 Å². The van der Waals surface area contributed by atoms with Crippen molar-refractivity contribution in [2.75, 3.05) is 26.0 Å². The van der Waals surface area contributed by atoms with Gasteiger partial charge in [-0.1, -0.05) is 6.07 Å². The van der Waals surface area contributed by atoms with Crippen molar-refractivity contribution in [3.63, 3.8) is 0 Å². The van der Waals surface area contributed by atoms with Crippen LogP contribution in [-0.4, -0.2) is 41.5 Å². The number of nitrogens with zero attached hydrogens (tertiary/aromatic N) is 3. The van der Waals surface area contributed by atoms with Gasteiger partial charge >= 0.3 is 6.03 Å². The first kappa shape index (κ1) is 20.5. The number of carbonyl (C=O) groups is 1. The quantitative estimate of drug-likeness (QED) is 0.661. The van der Waals surface area contributed by atoms with E-state index in [9.17, 15) is 18.4 Å². The molecule has 2 aromatic carbocycles. The summed E-state index contributed by atoms with van der Waals surface area (Å²) in [6.45, 7) is 0.968. The van der Waals surface area contributed by atoms with Gasteiger partial charge in [0.2, 0.25) is 0 Å². The van der Waals surface area contributed by atoms with E-state index in [2.05, 4.69) is 10.3 Å². The molecule has 0 spiro atoms. The lowest BCUT2D eigenvalue weighted by atomic mass is 9.93. The summed E-state index contributed by atoms with van der Waals surface area (Å²) in [6.07, 6.45) is 0. The molecule has 0 bridgehead atoms. The number of urea groups is 1. The molecule has 9 heteroatoms. The largest absolute Gasteiger partial charge is 0.324 e. The number of anilines is 1. The summed E-state index contributed by atoms with van der Waals surface area (Å²) in [5.74, 6) is -1.18. The van der Waals surface area contributed by atoms with Crippen LogP contribution < -0.4 is 10.9 Å². The van der Waals surface area contributed by atoms with Crippen LogP contribution in [0, 0.1) is 23.0 Å². The van der Waals surface area contributed by atoms with Gasteiger partial charge < -0.3 is 15.2 Å². The summed E-state index contributed by atoms with van der Waals surface area (Å²) in [7, 11) is 3.48. The molecule has 0 fully saturated rings. The number of halogens is 2. The number of likely N-dealkylation sites (N-methyl/N-ethyl adjacent to an activating group) is 2. The number of amides is 2. The highest BCUT2D eigenvalue weighted by Crippen LogP contribution is 2.34. The summed E-state index contributed by atoms with van der Waals surface area (Å²) in [5, 5.41) is 12.5. The van der Waals surface area contributed by atoms with E-state index in [1.165, 1.54) is 29.2 Å². The first-order valence-electron chi connectivity index (χ1n) is 9.55. The van der Waals surface area contributed by atoms with Gasteiger partial charge in [0.05, 0.1) is 17.0 Å². The number of fused-ring (bicyclic) bond motifs is 3. The van der Waals surface area contributed by atoms with Crippen molar-refractivity contribution in [3.8, 4) is 6.07 Å². The minimum absolute atomic E-state index is 0.172. The maximum atomic E-state index is 13.7. The van der Waals surface area contributed by atoms with Crippen molar-refractivity contribution in [2.45, 2.75) is 12.6 Å². The van der Waals surface area contributed by atoms with E-state index < -0.39 is 23.7 Å². The number of benzene rings is 2. The second-order valence-electron chi connectivity index (χ2n) is 7.60. The first-order valence-corrected chi connectivity index (χ1v) is 9.55. The molecular formula is C22H19F2N5O2. The molecule has 2 amide bonds. The van der Waals surface area contributed by atoms with Gasteiger partial charge in [0.25, 0.3) is 5.56 Å². The van der Waals surface area contributed by atoms with Gasteiger partial charge in [0, 0.05) is 37.1 Å². The Morgan fingerprint density at radius 1 is 1.26 bits per heavy atom. The minimum atomic E-state index is -0.667. The highest BCUT2D eigenvalue weighted by Gasteiger charge is 2.32. The third-order valence-corrected chi connectivity index (χ3v) is 5.48. The van der Waals surface area contributed by atoms with Crippen LogP contribution in [0.5, 0.6) is 0 Å². The fourth-order valence-corrected chi connectivity index (χ4v) is 3.96. The fourth-order valence-electron chi connectivity index (χ4n) is 3.96. The third kappa shape index (κ3) is 3.73. The summed E-state index contributed by atoms with van der Waals surface area (Å²) in [6, 6.07) is 8.62. The molecule has 1 aromatic heterocycles. The summed E-state index contributed by atoms with van der Waals surface area (Å²) < 4.78 is 27.3. The monoisotopic (exact) mass is 423 g/mol. The van der Waals surface area contributed by atoms with Crippen molar-refractivity contribution >= 4 is 22.5 Å². The molecule has 2 N–H and O–H groups in total. The number of pyridine rings is 1. The molecular weight excluding hydrogens is 404 g/mol. The van der Waals surface area contributed by atoms with Crippen LogP contribution in [0.2, 0.25) is 0 Å². The maximum absolute atomic E-state index is 13.7. The zero-order valence-electron chi connectivity index (χ0n) is 16.9. The molecule has 4 rings (SSSR count). The number of aromatic amines is 1. The lowest BCUT2D eigenvalue weighted by Gasteiger charge is -2.38. The Labute approximate surface area is 176 Å². The Hall–Kier alpha value is -3.77. The van der Waals surface area contributed by atoms with E-state index in [0.29, 0.717) is 24.2 Å². The van der Waals surface area contributed by atoms with E-state index in [-0.39, 0.29) is 22.2 Å². The number of hydrogen-bond donors (Lipinski definition) is 2. The summed E-state index contributed by atoms with van der Waals surface area (Å²) in [5.41, 5.74) is 1.14. The van der Waals surface area contributed by atoms with Crippen LogP contribution in [0.1, 0.15) is 22.9 Å². The summed E-state index contributed by atoms with van der Waals surface area (Å²) >= 11 is 0. The second kappa shape index (κ2) is 7.81. The van der Waals surface area contributed by atoms with Crippen LogP contribution in [0.3, 0.4) is 0 Å². The zero-order valence-corrected chi connectivity index (χ0v) is 16.9. The molecule has 1 atom stereocenters. The number of nitriles is 1. The zero-order chi connectivity index (χ0) is 22.3. The molecule has 7 nitrogen and oxygen atoms in total. The van der Waals surface area contributed by atoms with E-state index in [1.54, 1.807) is 19.2 Å². The van der Waals surface area contributed by atoms with Crippen LogP contribution >= 0.6 is 0 Å². The fraction of sp³-hybridized carbons (Fsp3) is 0.227. The van der Waals surface area contributed by atoms with Crippen LogP contribution in [0.15, 0.2) is 41.2 Å². The third-order valence-electron chi connectivity index (χ3n) is 5.48. The molecule has 0 saturated heterocycles. The first-order chi connectivity index (χ1) is 14.8. The SMILES string of the molecule is CN1Cc2[nH]c(=O)c3cc(F)ccc3c2[C@H](N(C)C(=O)Nc2ccc(F)c(C#N)c2)C1. The van der Waals surface area contributed by atoms with Gasteiger partial charge in [-0.2, -0.15) is 5.26 Å². The Bertz CT molecular complexity index is 1300. The lowest BCUT2D eigenvalue weighted by Crippen LogP contribution is -2.44. The van der Waals surface area contributed by atoms with Gasteiger partial charge in [-0.15, -0.1) is 0 Å². The maximum Gasteiger partial charge on any atom is 0.322 e. The second-order valence-corrected chi connectivity index (χ2v) is 7.60. The van der Waals surface area contributed by atoms with Crippen molar-refractivity contribution in [1.82, 2.24) is 14.8 Å². The number of rotatable bonds is 2. The normalized spacial score (nSPS) is 15.9. The van der Waals surface area contributed by atoms with Crippen molar-refractivity contribution in [2.24, 2.45) is 0 Å². The Balaban J connectivity index is 1.73. The molecule has 3 aromatic rings. The van der Waals surface area contributed by atoms with Gasteiger partial charge in [-0.25, -0.2) is 13.6 Å². The molecule has 2 heterocycles. The molecule has 31 heavy (non-hydrogen) atoms. The molecule has 1 aliphatic rings. The van der Waals surface area contributed by atoms with Gasteiger partial charge in [0.15, 0.2) is 0 Å². The van der Waals surface area contributed by atoms with E-state index in [4.69, 9.17) is 5.26 Å². The number of H-pyrrole nitrogens is 1.